The van der Waals surface area contributed by atoms with Gasteiger partial charge in [0.15, 0.2) is 5.82 Å². The molecule has 1 fully saturated rings. The highest BCUT2D eigenvalue weighted by Gasteiger charge is 2.27. The molecule has 4 rings (SSSR count). The lowest BCUT2D eigenvalue weighted by Crippen LogP contribution is -2.49. The molecule has 2 heterocycles. The molecule has 0 bridgehead atoms. The van der Waals surface area contributed by atoms with E-state index in [1.165, 1.54) is 6.07 Å². The Kier molecular flexibility index (Phi) is 5.98. The number of benzene rings is 2. The van der Waals surface area contributed by atoms with E-state index in [2.05, 4.69) is 18.7 Å². The molecular weight excluding hydrogens is 391 g/mol. The first-order chi connectivity index (χ1) is 15.0. The molecule has 0 atom stereocenters. The molecule has 1 aromatic heterocycles. The van der Waals surface area contributed by atoms with Gasteiger partial charge in [0.2, 0.25) is 0 Å². The van der Waals surface area contributed by atoms with Crippen molar-refractivity contribution in [1.82, 2.24) is 14.9 Å². The Labute approximate surface area is 182 Å². The molecule has 0 saturated carbocycles. The lowest BCUT2D eigenvalue weighted by molar-refractivity contribution is 0.0741. The van der Waals surface area contributed by atoms with E-state index in [0.29, 0.717) is 32.0 Å². The predicted molar refractivity (Wildman–Crippen MR) is 121 cm³/mol. The van der Waals surface area contributed by atoms with E-state index in [-0.39, 0.29) is 17.4 Å². The first kappa shape index (κ1) is 21.0. The third-order valence-corrected chi connectivity index (χ3v) is 5.70. The van der Waals surface area contributed by atoms with Crippen LogP contribution in [0.4, 0.5) is 10.2 Å². The van der Waals surface area contributed by atoms with E-state index in [4.69, 9.17) is 9.97 Å². The topological polar surface area (TPSA) is 49.3 Å². The molecule has 5 nitrogen and oxygen atoms in total. The fourth-order valence-corrected chi connectivity index (χ4v) is 4.13. The zero-order chi connectivity index (χ0) is 22.0. The van der Waals surface area contributed by atoms with Crippen LogP contribution in [0.25, 0.3) is 11.4 Å². The predicted octanol–water partition coefficient (Wildman–Crippen LogP) is 4.68. The second-order valence-electron chi connectivity index (χ2n) is 8.15. The van der Waals surface area contributed by atoms with Crippen molar-refractivity contribution in [3.63, 3.8) is 0 Å². The van der Waals surface area contributed by atoms with Crippen molar-refractivity contribution in [1.29, 1.82) is 0 Å². The third kappa shape index (κ3) is 4.29. The first-order valence-corrected chi connectivity index (χ1v) is 10.7. The van der Waals surface area contributed by atoms with E-state index in [9.17, 15) is 9.18 Å². The molecule has 0 radical (unpaired) electrons. The molecule has 1 aliphatic heterocycles. The zero-order valence-corrected chi connectivity index (χ0v) is 18.2. The van der Waals surface area contributed by atoms with Gasteiger partial charge >= 0.3 is 0 Å². The molecule has 6 heteroatoms. The SMILES string of the molecule is Cc1nc(-c2ccccc2)nc(N2CCN(C(=O)c3ccccc3F)CC2)c1C(C)C. The van der Waals surface area contributed by atoms with Crippen LogP contribution in [0.5, 0.6) is 0 Å². The molecule has 1 amide bonds. The molecule has 0 N–H and O–H groups in total. The fourth-order valence-electron chi connectivity index (χ4n) is 4.13. The first-order valence-electron chi connectivity index (χ1n) is 10.7. The van der Waals surface area contributed by atoms with Crippen molar-refractivity contribution in [3.8, 4) is 11.4 Å². The number of amides is 1. The molecule has 1 saturated heterocycles. The van der Waals surface area contributed by atoms with Gasteiger partial charge in [-0.05, 0) is 25.0 Å². The number of halogens is 1. The minimum Gasteiger partial charge on any atom is -0.353 e. The lowest BCUT2D eigenvalue weighted by Gasteiger charge is -2.37. The number of carbonyl (C=O) groups excluding carboxylic acids is 1. The maximum atomic E-state index is 14.1. The van der Waals surface area contributed by atoms with Crippen molar-refractivity contribution in [2.24, 2.45) is 0 Å². The summed E-state index contributed by atoms with van der Waals surface area (Å²) in [6.45, 7) is 8.66. The maximum absolute atomic E-state index is 14.1. The van der Waals surface area contributed by atoms with Gasteiger partial charge in [-0.3, -0.25) is 4.79 Å². The van der Waals surface area contributed by atoms with Gasteiger partial charge in [-0.1, -0.05) is 56.3 Å². The van der Waals surface area contributed by atoms with Gasteiger partial charge < -0.3 is 9.80 Å². The second kappa shape index (κ2) is 8.84. The third-order valence-electron chi connectivity index (χ3n) is 5.70. The van der Waals surface area contributed by atoms with Crippen LogP contribution >= 0.6 is 0 Å². The summed E-state index contributed by atoms with van der Waals surface area (Å²) in [7, 11) is 0. The average Bonchev–Trinajstić information content (AvgIpc) is 2.79. The number of aryl methyl sites for hydroxylation is 1. The monoisotopic (exact) mass is 418 g/mol. The van der Waals surface area contributed by atoms with Crippen molar-refractivity contribution in [3.05, 3.63) is 77.2 Å². The van der Waals surface area contributed by atoms with E-state index in [1.54, 1.807) is 23.1 Å². The second-order valence-corrected chi connectivity index (χ2v) is 8.15. The Morgan fingerprint density at radius 3 is 2.23 bits per heavy atom. The Morgan fingerprint density at radius 1 is 0.935 bits per heavy atom. The molecule has 0 unspecified atom stereocenters. The van der Waals surface area contributed by atoms with Crippen LogP contribution in [0.1, 0.15) is 41.4 Å². The molecule has 0 aliphatic carbocycles. The van der Waals surface area contributed by atoms with Crippen LogP contribution in [0.2, 0.25) is 0 Å². The highest BCUT2D eigenvalue weighted by molar-refractivity contribution is 5.94. The lowest BCUT2D eigenvalue weighted by atomic mass is 10.0. The summed E-state index contributed by atoms with van der Waals surface area (Å²) in [4.78, 5) is 26.4. The van der Waals surface area contributed by atoms with Gasteiger partial charge in [-0.15, -0.1) is 0 Å². The normalized spacial score (nSPS) is 14.2. The number of anilines is 1. The molecule has 160 valence electrons. The number of hydrogen-bond donors (Lipinski definition) is 0. The smallest absolute Gasteiger partial charge is 0.256 e. The van der Waals surface area contributed by atoms with Crippen molar-refractivity contribution >= 4 is 11.7 Å². The maximum Gasteiger partial charge on any atom is 0.256 e. The highest BCUT2D eigenvalue weighted by Crippen LogP contribution is 2.31. The van der Waals surface area contributed by atoms with Crippen LogP contribution in [0, 0.1) is 12.7 Å². The summed E-state index contributed by atoms with van der Waals surface area (Å²) in [5, 5.41) is 0. The molecular formula is C25H27FN4O. The number of carbonyl (C=O) groups is 1. The van der Waals surface area contributed by atoms with Gasteiger partial charge in [0.1, 0.15) is 11.6 Å². The van der Waals surface area contributed by atoms with Crippen LogP contribution in [0.15, 0.2) is 54.6 Å². The number of piperazine rings is 1. The Balaban J connectivity index is 1.59. The van der Waals surface area contributed by atoms with Crippen molar-refractivity contribution < 1.29 is 9.18 Å². The van der Waals surface area contributed by atoms with Crippen LogP contribution in [-0.2, 0) is 0 Å². The molecule has 0 spiro atoms. The van der Waals surface area contributed by atoms with Gasteiger partial charge in [0.05, 0.1) is 5.56 Å². The number of rotatable bonds is 4. The van der Waals surface area contributed by atoms with Gasteiger partial charge in [0.25, 0.3) is 5.91 Å². The minimum absolute atomic E-state index is 0.128. The van der Waals surface area contributed by atoms with E-state index in [0.717, 1.165) is 22.6 Å². The molecule has 31 heavy (non-hydrogen) atoms. The summed E-state index contributed by atoms with van der Waals surface area (Å²) in [5.74, 6) is 1.18. The average molecular weight is 419 g/mol. The fraction of sp³-hybridized carbons (Fsp3) is 0.320. The molecule has 2 aromatic carbocycles. The largest absolute Gasteiger partial charge is 0.353 e. The summed E-state index contributed by atoms with van der Waals surface area (Å²) in [6.07, 6.45) is 0. The minimum atomic E-state index is -0.476. The Bertz CT molecular complexity index is 1080. The number of hydrogen-bond acceptors (Lipinski definition) is 4. The zero-order valence-electron chi connectivity index (χ0n) is 18.2. The Morgan fingerprint density at radius 2 is 1.58 bits per heavy atom. The summed E-state index contributed by atoms with van der Waals surface area (Å²) in [5.41, 5.74) is 3.22. The molecule has 1 aliphatic rings. The summed E-state index contributed by atoms with van der Waals surface area (Å²) in [6, 6.07) is 16.1. The number of nitrogens with zero attached hydrogens (tertiary/aromatic N) is 4. The van der Waals surface area contributed by atoms with Crippen molar-refractivity contribution in [2.75, 3.05) is 31.1 Å². The number of aromatic nitrogens is 2. The quantitative estimate of drug-likeness (QED) is 0.617. The van der Waals surface area contributed by atoms with Crippen LogP contribution in [-0.4, -0.2) is 47.0 Å². The molecule has 3 aromatic rings. The summed E-state index contributed by atoms with van der Waals surface area (Å²) < 4.78 is 14.1. The van der Waals surface area contributed by atoms with E-state index < -0.39 is 5.82 Å². The van der Waals surface area contributed by atoms with Crippen LogP contribution in [0.3, 0.4) is 0 Å². The Hall–Kier alpha value is -3.28. The van der Waals surface area contributed by atoms with E-state index >= 15 is 0 Å². The van der Waals surface area contributed by atoms with Crippen LogP contribution < -0.4 is 4.90 Å². The highest BCUT2D eigenvalue weighted by atomic mass is 19.1. The standard InChI is InChI=1S/C25H27FN4O/c1-17(2)22-18(3)27-23(19-9-5-4-6-10-19)28-24(22)29-13-15-30(16-14-29)25(31)20-11-7-8-12-21(20)26/h4-12,17H,13-16H2,1-3H3. The van der Waals surface area contributed by atoms with Gasteiger partial charge in [-0.2, -0.15) is 0 Å². The van der Waals surface area contributed by atoms with Crippen molar-refractivity contribution in [2.45, 2.75) is 26.7 Å². The van der Waals surface area contributed by atoms with Gasteiger partial charge in [-0.25, -0.2) is 14.4 Å². The summed E-state index contributed by atoms with van der Waals surface area (Å²) >= 11 is 0. The van der Waals surface area contributed by atoms with Gasteiger partial charge in [0, 0.05) is 43.0 Å². The van der Waals surface area contributed by atoms with E-state index in [1.807, 2.05) is 37.3 Å².